The van der Waals surface area contributed by atoms with Gasteiger partial charge in [0.1, 0.15) is 5.52 Å². The summed E-state index contributed by atoms with van der Waals surface area (Å²) in [6, 6.07) is 5.40. The predicted octanol–water partition coefficient (Wildman–Crippen LogP) is 0.251. The van der Waals surface area contributed by atoms with Crippen LogP contribution in [0.3, 0.4) is 0 Å². The number of aryl methyl sites for hydroxylation is 1. The van der Waals surface area contributed by atoms with Gasteiger partial charge in [0.25, 0.3) is 5.91 Å². The largest absolute Gasteiger partial charge is 0.346 e. The Bertz CT molecular complexity index is 833. The Labute approximate surface area is 152 Å². The van der Waals surface area contributed by atoms with Gasteiger partial charge in [-0.05, 0) is 51.2 Å². The zero-order valence-corrected chi connectivity index (χ0v) is 15.2. The van der Waals surface area contributed by atoms with Crippen LogP contribution < -0.4 is 5.32 Å². The van der Waals surface area contributed by atoms with Crippen LogP contribution >= 0.6 is 0 Å². The van der Waals surface area contributed by atoms with Crippen molar-refractivity contribution in [2.45, 2.75) is 18.9 Å². The van der Waals surface area contributed by atoms with Crippen molar-refractivity contribution in [2.24, 2.45) is 13.0 Å². The topological polar surface area (TPSA) is 83.4 Å². The summed E-state index contributed by atoms with van der Waals surface area (Å²) in [5, 5.41) is 11.0. The minimum Gasteiger partial charge on any atom is -0.346 e. The lowest BCUT2D eigenvalue weighted by Crippen LogP contribution is -2.62. The molecule has 0 saturated carbocycles. The molecular formula is C18H24N6O2. The van der Waals surface area contributed by atoms with Crippen molar-refractivity contribution in [3.8, 4) is 0 Å². The molecule has 2 saturated heterocycles. The second kappa shape index (κ2) is 6.68. The van der Waals surface area contributed by atoms with Crippen LogP contribution in [0.25, 0.3) is 11.0 Å². The molecule has 1 aromatic heterocycles. The number of piperidine rings is 1. The van der Waals surface area contributed by atoms with Gasteiger partial charge in [-0.1, -0.05) is 5.21 Å². The lowest BCUT2D eigenvalue weighted by atomic mass is 9.93. The molecule has 0 bridgehead atoms. The third-order valence-electron chi connectivity index (χ3n) is 5.47. The molecule has 8 heteroatoms. The van der Waals surface area contributed by atoms with Gasteiger partial charge in [0, 0.05) is 31.6 Å². The van der Waals surface area contributed by atoms with E-state index in [9.17, 15) is 9.59 Å². The molecule has 3 heterocycles. The van der Waals surface area contributed by atoms with Crippen LogP contribution in [0, 0.1) is 5.92 Å². The molecule has 1 N–H and O–H groups in total. The molecule has 2 amide bonds. The summed E-state index contributed by atoms with van der Waals surface area (Å²) in [6.07, 6.45) is 1.86. The van der Waals surface area contributed by atoms with Gasteiger partial charge >= 0.3 is 0 Å². The molecule has 0 atom stereocenters. The lowest BCUT2D eigenvalue weighted by molar-refractivity contribution is -0.141. The molecule has 2 aliphatic heterocycles. The molecular weight excluding hydrogens is 332 g/mol. The Morgan fingerprint density at radius 2 is 1.88 bits per heavy atom. The maximum atomic E-state index is 12.5. The van der Waals surface area contributed by atoms with Gasteiger partial charge in [-0.25, -0.2) is 4.68 Å². The highest BCUT2D eigenvalue weighted by molar-refractivity contribution is 5.97. The van der Waals surface area contributed by atoms with Crippen molar-refractivity contribution in [3.63, 3.8) is 0 Å². The van der Waals surface area contributed by atoms with Gasteiger partial charge in [0.2, 0.25) is 5.91 Å². The first-order valence-electron chi connectivity index (χ1n) is 9.09. The highest BCUT2D eigenvalue weighted by atomic mass is 16.2. The van der Waals surface area contributed by atoms with Crippen molar-refractivity contribution >= 4 is 22.8 Å². The summed E-state index contributed by atoms with van der Waals surface area (Å²) in [5.74, 6) is 0.250. The van der Waals surface area contributed by atoms with E-state index in [0.29, 0.717) is 24.2 Å². The van der Waals surface area contributed by atoms with Gasteiger partial charge in [-0.3, -0.25) is 9.59 Å². The number of nitrogens with zero attached hydrogens (tertiary/aromatic N) is 5. The number of rotatable bonds is 3. The number of nitrogens with one attached hydrogen (secondary N) is 1. The molecule has 2 aromatic rings. The minimum atomic E-state index is -0.131. The van der Waals surface area contributed by atoms with Crippen molar-refractivity contribution < 1.29 is 9.59 Å². The number of likely N-dealkylation sites (tertiary alicyclic amines) is 2. The van der Waals surface area contributed by atoms with Crippen molar-refractivity contribution in [3.05, 3.63) is 23.8 Å². The van der Waals surface area contributed by atoms with E-state index in [1.54, 1.807) is 16.8 Å². The smallest absolute Gasteiger partial charge is 0.251 e. The lowest BCUT2D eigenvalue weighted by Gasteiger charge is -2.42. The molecule has 0 radical (unpaired) electrons. The van der Waals surface area contributed by atoms with Gasteiger partial charge < -0.3 is 15.1 Å². The average Bonchev–Trinajstić information content (AvgIpc) is 2.98. The second-order valence-electron chi connectivity index (χ2n) is 7.41. The first-order chi connectivity index (χ1) is 12.5. The van der Waals surface area contributed by atoms with Gasteiger partial charge in [0.15, 0.2) is 0 Å². The Hall–Kier alpha value is -2.48. The van der Waals surface area contributed by atoms with E-state index in [-0.39, 0.29) is 23.8 Å². The normalized spacial score (nSPS) is 19.5. The van der Waals surface area contributed by atoms with Crippen LogP contribution in [-0.2, 0) is 11.8 Å². The summed E-state index contributed by atoms with van der Waals surface area (Å²) in [6.45, 7) is 3.17. The number of carbonyl (C=O) groups excluding carboxylic acids is 2. The van der Waals surface area contributed by atoms with E-state index in [1.807, 2.05) is 18.0 Å². The molecule has 2 fully saturated rings. The van der Waals surface area contributed by atoms with Crippen LogP contribution in [0.4, 0.5) is 0 Å². The third kappa shape index (κ3) is 3.16. The van der Waals surface area contributed by atoms with E-state index in [4.69, 9.17) is 0 Å². The first-order valence-corrected chi connectivity index (χ1v) is 9.09. The summed E-state index contributed by atoms with van der Waals surface area (Å²) >= 11 is 0. The fraction of sp³-hybridized carbons (Fsp3) is 0.556. The third-order valence-corrected chi connectivity index (χ3v) is 5.47. The zero-order chi connectivity index (χ0) is 18.3. The number of benzene rings is 1. The molecule has 8 nitrogen and oxygen atoms in total. The van der Waals surface area contributed by atoms with Gasteiger partial charge in [0.05, 0.1) is 11.6 Å². The fourth-order valence-corrected chi connectivity index (χ4v) is 3.71. The van der Waals surface area contributed by atoms with Crippen LogP contribution in [0.1, 0.15) is 23.2 Å². The monoisotopic (exact) mass is 356 g/mol. The highest BCUT2D eigenvalue weighted by Crippen LogP contribution is 2.22. The fourth-order valence-electron chi connectivity index (χ4n) is 3.71. The molecule has 26 heavy (non-hydrogen) atoms. The molecule has 0 unspecified atom stereocenters. The number of hydrogen-bond acceptors (Lipinski definition) is 5. The Balaban J connectivity index is 1.30. The molecule has 1 aromatic carbocycles. The minimum absolute atomic E-state index is 0.0234. The molecule has 2 aliphatic rings. The summed E-state index contributed by atoms with van der Waals surface area (Å²) in [5.41, 5.74) is 2.16. The van der Waals surface area contributed by atoms with E-state index < -0.39 is 0 Å². The maximum Gasteiger partial charge on any atom is 0.251 e. The molecule has 138 valence electrons. The SMILES string of the molecule is CN1CCC(C(=O)N2CC(NC(=O)c3ccc4c(c3)nnn4C)C2)CC1. The Morgan fingerprint density at radius 3 is 2.62 bits per heavy atom. The van der Waals surface area contributed by atoms with Crippen LogP contribution in [-0.4, -0.2) is 75.9 Å². The number of fused-ring (bicyclic) bond motifs is 1. The number of aromatic nitrogens is 3. The maximum absolute atomic E-state index is 12.5. The van der Waals surface area contributed by atoms with E-state index >= 15 is 0 Å². The van der Waals surface area contributed by atoms with Crippen LogP contribution in [0.15, 0.2) is 18.2 Å². The Morgan fingerprint density at radius 1 is 1.15 bits per heavy atom. The number of carbonyl (C=O) groups is 2. The van der Waals surface area contributed by atoms with Crippen molar-refractivity contribution in [1.82, 2.24) is 30.1 Å². The summed E-state index contributed by atoms with van der Waals surface area (Å²) in [4.78, 5) is 29.1. The van der Waals surface area contributed by atoms with Crippen LogP contribution in [0.2, 0.25) is 0 Å². The first kappa shape index (κ1) is 17.0. The van der Waals surface area contributed by atoms with Crippen molar-refractivity contribution in [1.29, 1.82) is 0 Å². The van der Waals surface area contributed by atoms with E-state index in [2.05, 4.69) is 27.6 Å². The van der Waals surface area contributed by atoms with Crippen LogP contribution in [0.5, 0.6) is 0 Å². The quantitative estimate of drug-likeness (QED) is 0.852. The second-order valence-corrected chi connectivity index (χ2v) is 7.41. The zero-order valence-electron chi connectivity index (χ0n) is 15.2. The molecule has 0 spiro atoms. The predicted molar refractivity (Wildman–Crippen MR) is 96.6 cm³/mol. The summed E-state index contributed by atoms with van der Waals surface area (Å²) in [7, 11) is 3.91. The highest BCUT2D eigenvalue weighted by Gasteiger charge is 2.36. The van der Waals surface area contributed by atoms with E-state index in [0.717, 1.165) is 31.4 Å². The average molecular weight is 356 g/mol. The van der Waals surface area contributed by atoms with Crippen molar-refractivity contribution in [2.75, 3.05) is 33.2 Å². The molecule has 4 rings (SSSR count). The standard InChI is InChI=1S/C18H24N6O2/c1-22-7-5-12(6-8-22)18(26)24-10-14(11-24)19-17(25)13-3-4-16-15(9-13)20-21-23(16)2/h3-4,9,12,14H,5-8,10-11H2,1-2H3,(H,19,25). The van der Waals surface area contributed by atoms with Gasteiger partial charge in [-0.2, -0.15) is 0 Å². The number of amides is 2. The molecule has 0 aliphatic carbocycles. The number of hydrogen-bond donors (Lipinski definition) is 1. The van der Waals surface area contributed by atoms with E-state index in [1.165, 1.54) is 0 Å². The summed E-state index contributed by atoms with van der Waals surface area (Å²) < 4.78 is 1.68. The Kier molecular flexibility index (Phi) is 4.36. The van der Waals surface area contributed by atoms with Gasteiger partial charge in [-0.15, -0.1) is 5.10 Å².